The zero-order chi connectivity index (χ0) is 17.1. The van der Waals surface area contributed by atoms with Crippen LogP contribution in [0.4, 0.5) is 5.69 Å². The lowest BCUT2D eigenvalue weighted by Crippen LogP contribution is -2.32. The van der Waals surface area contributed by atoms with Crippen LogP contribution in [0, 0.1) is 0 Å². The molecule has 0 spiro atoms. The Kier molecular flexibility index (Phi) is 4.73. The molecular weight excluding hydrogens is 308 g/mol. The van der Waals surface area contributed by atoms with Gasteiger partial charge in [0.2, 0.25) is 0 Å². The number of hydrogen-bond donors (Lipinski definition) is 1. The maximum absolute atomic E-state index is 12.3. The van der Waals surface area contributed by atoms with Crippen LogP contribution in [-0.2, 0) is 13.0 Å². The summed E-state index contributed by atoms with van der Waals surface area (Å²) in [5.74, 6) is 0.0711. The molecular formula is C22H26N2O. The Morgan fingerprint density at radius 3 is 2.56 bits per heavy atom. The van der Waals surface area contributed by atoms with Crippen LogP contribution in [0.3, 0.4) is 0 Å². The van der Waals surface area contributed by atoms with Crippen molar-refractivity contribution in [1.29, 1.82) is 0 Å². The molecule has 130 valence electrons. The molecule has 0 atom stereocenters. The van der Waals surface area contributed by atoms with Crippen molar-refractivity contribution < 1.29 is 4.79 Å². The van der Waals surface area contributed by atoms with Gasteiger partial charge < -0.3 is 10.2 Å². The van der Waals surface area contributed by atoms with E-state index in [1.165, 1.54) is 42.5 Å². The van der Waals surface area contributed by atoms with E-state index in [1.807, 2.05) is 12.1 Å². The van der Waals surface area contributed by atoms with Crippen molar-refractivity contribution in [2.45, 2.75) is 51.1 Å². The SMILES string of the molecule is O=C(NC1CCCC1)c1ccc(CN2CCCc3ccccc32)cc1. The maximum atomic E-state index is 12.3. The quantitative estimate of drug-likeness (QED) is 0.903. The van der Waals surface area contributed by atoms with Crippen molar-refractivity contribution in [1.82, 2.24) is 5.32 Å². The van der Waals surface area contributed by atoms with Crippen molar-refractivity contribution >= 4 is 11.6 Å². The van der Waals surface area contributed by atoms with Gasteiger partial charge in [0.1, 0.15) is 0 Å². The lowest BCUT2D eigenvalue weighted by Gasteiger charge is -2.31. The van der Waals surface area contributed by atoms with E-state index in [9.17, 15) is 4.79 Å². The smallest absolute Gasteiger partial charge is 0.251 e. The van der Waals surface area contributed by atoms with Crippen molar-refractivity contribution in [3.63, 3.8) is 0 Å². The molecule has 4 rings (SSSR count). The zero-order valence-electron chi connectivity index (χ0n) is 14.7. The fraction of sp³-hybridized carbons (Fsp3) is 0.409. The number of aryl methyl sites for hydroxylation is 1. The molecule has 2 aromatic carbocycles. The van der Waals surface area contributed by atoms with Gasteiger partial charge in [-0.2, -0.15) is 0 Å². The maximum Gasteiger partial charge on any atom is 0.251 e. The molecule has 1 fully saturated rings. The molecule has 0 saturated heterocycles. The van der Waals surface area contributed by atoms with Crippen molar-refractivity contribution in [3.8, 4) is 0 Å². The van der Waals surface area contributed by atoms with Gasteiger partial charge in [0, 0.05) is 30.4 Å². The minimum atomic E-state index is 0.0711. The first-order valence-corrected chi connectivity index (χ1v) is 9.52. The van der Waals surface area contributed by atoms with Crippen LogP contribution in [0.2, 0.25) is 0 Å². The Morgan fingerprint density at radius 2 is 1.76 bits per heavy atom. The molecule has 1 N–H and O–H groups in total. The van der Waals surface area contributed by atoms with Crippen LogP contribution >= 0.6 is 0 Å². The highest BCUT2D eigenvalue weighted by molar-refractivity contribution is 5.94. The lowest BCUT2D eigenvalue weighted by atomic mass is 10.0. The fourth-order valence-electron chi connectivity index (χ4n) is 4.10. The average molecular weight is 334 g/mol. The Bertz CT molecular complexity index is 732. The number of benzene rings is 2. The van der Waals surface area contributed by atoms with Crippen LogP contribution in [0.1, 0.15) is 53.6 Å². The summed E-state index contributed by atoms with van der Waals surface area (Å²) in [7, 11) is 0. The minimum absolute atomic E-state index is 0.0711. The molecule has 3 heteroatoms. The van der Waals surface area contributed by atoms with Gasteiger partial charge in [0.25, 0.3) is 5.91 Å². The number of amides is 1. The molecule has 0 aromatic heterocycles. The second-order valence-electron chi connectivity index (χ2n) is 7.31. The fourth-order valence-corrected chi connectivity index (χ4v) is 4.10. The molecule has 1 aliphatic carbocycles. The molecule has 0 radical (unpaired) electrons. The molecule has 1 aliphatic heterocycles. The minimum Gasteiger partial charge on any atom is -0.367 e. The standard InChI is InChI=1S/C22H26N2O/c25-22(23-20-8-2-3-9-20)19-13-11-17(12-14-19)16-24-15-5-7-18-6-1-4-10-21(18)24/h1,4,6,10-14,20H,2-3,5,7-9,15-16H2,(H,23,25). The van der Waals surface area contributed by atoms with E-state index in [4.69, 9.17) is 0 Å². The predicted octanol–water partition coefficient (Wildman–Crippen LogP) is 4.31. The number of para-hydroxylation sites is 1. The number of nitrogens with zero attached hydrogens (tertiary/aromatic N) is 1. The van der Waals surface area contributed by atoms with E-state index >= 15 is 0 Å². The van der Waals surface area contributed by atoms with E-state index in [1.54, 1.807) is 0 Å². The van der Waals surface area contributed by atoms with Crippen molar-refractivity contribution in [2.75, 3.05) is 11.4 Å². The first kappa shape index (κ1) is 16.2. The van der Waals surface area contributed by atoms with Crippen LogP contribution in [0.25, 0.3) is 0 Å². The van der Waals surface area contributed by atoms with Crippen LogP contribution in [0.15, 0.2) is 48.5 Å². The van der Waals surface area contributed by atoms with Crippen LogP contribution in [0.5, 0.6) is 0 Å². The molecule has 1 saturated carbocycles. The summed E-state index contributed by atoms with van der Waals surface area (Å²) in [4.78, 5) is 14.8. The summed E-state index contributed by atoms with van der Waals surface area (Å²) in [6.07, 6.45) is 7.10. The van der Waals surface area contributed by atoms with Crippen molar-refractivity contribution in [3.05, 3.63) is 65.2 Å². The predicted molar refractivity (Wildman–Crippen MR) is 102 cm³/mol. The van der Waals surface area contributed by atoms with Gasteiger partial charge in [0.05, 0.1) is 0 Å². The highest BCUT2D eigenvalue weighted by Gasteiger charge is 2.19. The third-order valence-electron chi connectivity index (χ3n) is 5.49. The first-order valence-electron chi connectivity index (χ1n) is 9.52. The highest BCUT2D eigenvalue weighted by atomic mass is 16.1. The normalized spacial score (nSPS) is 17.4. The number of hydrogen-bond acceptors (Lipinski definition) is 2. The van der Waals surface area contributed by atoms with Gasteiger partial charge in [-0.05, 0) is 55.0 Å². The van der Waals surface area contributed by atoms with Gasteiger partial charge in [-0.1, -0.05) is 43.2 Å². The summed E-state index contributed by atoms with van der Waals surface area (Å²) >= 11 is 0. The van der Waals surface area contributed by atoms with Gasteiger partial charge in [-0.3, -0.25) is 4.79 Å². The molecule has 2 aliphatic rings. The van der Waals surface area contributed by atoms with Crippen LogP contribution in [-0.4, -0.2) is 18.5 Å². The second kappa shape index (κ2) is 7.30. The number of anilines is 1. The van der Waals surface area contributed by atoms with Gasteiger partial charge >= 0.3 is 0 Å². The Hall–Kier alpha value is -2.29. The summed E-state index contributed by atoms with van der Waals surface area (Å²) in [6.45, 7) is 2.00. The summed E-state index contributed by atoms with van der Waals surface area (Å²) in [5, 5.41) is 3.16. The Morgan fingerprint density at radius 1 is 1.00 bits per heavy atom. The third kappa shape index (κ3) is 3.71. The Labute approximate surface area is 150 Å². The van der Waals surface area contributed by atoms with E-state index in [-0.39, 0.29) is 5.91 Å². The van der Waals surface area contributed by atoms with E-state index in [0.717, 1.165) is 31.5 Å². The van der Waals surface area contributed by atoms with Gasteiger partial charge in [-0.15, -0.1) is 0 Å². The number of fused-ring (bicyclic) bond motifs is 1. The molecule has 1 heterocycles. The van der Waals surface area contributed by atoms with E-state index in [0.29, 0.717) is 6.04 Å². The lowest BCUT2D eigenvalue weighted by molar-refractivity contribution is 0.0938. The van der Waals surface area contributed by atoms with Gasteiger partial charge in [0.15, 0.2) is 0 Å². The monoisotopic (exact) mass is 334 g/mol. The number of carbonyl (C=O) groups excluding carboxylic acids is 1. The second-order valence-corrected chi connectivity index (χ2v) is 7.31. The number of rotatable bonds is 4. The Balaban J connectivity index is 1.42. The van der Waals surface area contributed by atoms with E-state index in [2.05, 4.69) is 46.6 Å². The molecule has 0 unspecified atom stereocenters. The number of carbonyl (C=O) groups is 1. The number of nitrogens with one attached hydrogen (secondary N) is 1. The molecule has 3 nitrogen and oxygen atoms in total. The van der Waals surface area contributed by atoms with Gasteiger partial charge in [-0.25, -0.2) is 0 Å². The van der Waals surface area contributed by atoms with E-state index < -0.39 is 0 Å². The molecule has 25 heavy (non-hydrogen) atoms. The largest absolute Gasteiger partial charge is 0.367 e. The first-order chi connectivity index (χ1) is 12.3. The zero-order valence-corrected chi connectivity index (χ0v) is 14.7. The molecule has 1 amide bonds. The molecule has 0 bridgehead atoms. The third-order valence-corrected chi connectivity index (χ3v) is 5.49. The highest BCUT2D eigenvalue weighted by Crippen LogP contribution is 2.28. The summed E-state index contributed by atoms with van der Waals surface area (Å²) < 4.78 is 0. The topological polar surface area (TPSA) is 32.3 Å². The summed E-state index contributed by atoms with van der Waals surface area (Å²) in [6, 6.07) is 17.2. The average Bonchev–Trinajstić information content (AvgIpc) is 3.16. The summed E-state index contributed by atoms with van der Waals surface area (Å²) in [5.41, 5.74) is 4.84. The van der Waals surface area contributed by atoms with Crippen molar-refractivity contribution in [2.24, 2.45) is 0 Å². The molecule has 2 aromatic rings. The van der Waals surface area contributed by atoms with Crippen LogP contribution < -0.4 is 10.2 Å².